The second-order valence-electron chi connectivity index (χ2n) is 6.65. The lowest BCUT2D eigenvalue weighted by molar-refractivity contribution is -0.143. The van der Waals surface area contributed by atoms with E-state index < -0.39 is 12.0 Å². The molecule has 1 amide bonds. The van der Waals surface area contributed by atoms with Crippen molar-refractivity contribution in [2.75, 3.05) is 6.54 Å². The molecule has 6 nitrogen and oxygen atoms in total. The zero-order chi connectivity index (χ0) is 19.1. The van der Waals surface area contributed by atoms with Gasteiger partial charge in [0.1, 0.15) is 16.7 Å². The first-order chi connectivity index (χ1) is 13.0. The molecular formula is C19H18FN3O3S. The Morgan fingerprint density at radius 1 is 1.26 bits per heavy atom. The van der Waals surface area contributed by atoms with E-state index >= 15 is 0 Å². The lowest BCUT2D eigenvalue weighted by Gasteiger charge is -2.32. The molecule has 1 unspecified atom stereocenters. The van der Waals surface area contributed by atoms with Crippen molar-refractivity contribution in [1.29, 1.82) is 0 Å². The Morgan fingerprint density at radius 3 is 2.70 bits per heavy atom. The Labute approximate surface area is 158 Å². The van der Waals surface area contributed by atoms with Crippen LogP contribution >= 0.6 is 11.3 Å². The number of carbonyl (C=O) groups excluding carboxylic acids is 1. The summed E-state index contributed by atoms with van der Waals surface area (Å²) in [6.07, 6.45) is 2.10. The summed E-state index contributed by atoms with van der Waals surface area (Å²) in [5.74, 6) is -1.54. The van der Waals surface area contributed by atoms with Gasteiger partial charge in [-0.25, -0.2) is 13.9 Å². The van der Waals surface area contributed by atoms with E-state index in [1.807, 2.05) is 6.92 Å². The number of carboxylic acid groups (broad SMARTS) is 1. The number of aryl methyl sites for hydroxylation is 1. The van der Waals surface area contributed by atoms with Gasteiger partial charge in [0.2, 0.25) is 0 Å². The number of carboxylic acids is 1. The summed E-state index contributed by atoms with van der Waals surface area (Å²) >= 11 is 1.28. The average Bonchev–Trinajstić information content (AvgIpc) is 3.23. The highest BCUT2D eigenvalue weighted by atomic mass is 32.1. The molecule has 1 N–H and O–H groups in total. The second kappa shape index (κ2) is 6.77. The van der Waals surface area contributed by atoms with Crippen LogP contribution in [0.2, 0.25) is 0 Å². The summed E-state index contributed by atoms with van der Waals surface area (Å²) in [5.41, 5.74) is 1.47. The van der Waals surface area contributed by atoms with Gasteiger partial charge in [-0.1, -0.05) is 0 Å². The van der Waals surface area contributed by atoms with Gasteiger partial charge in [-0.15, -0.1) is 11.3 Å². The standard InChI is InChI=1S/C19H18FN3O3S/c1-11-14-10-16(17(24)22-9-3-2-4-15(22)19(25)26)27-18(14)23(21-11)13-7-5-12(20)6-8-13/h5-8,10,15H,2-4,9H2,1H3,(H,25,26). The molecule has 0 radical (unpaired) electrons. The van der Waals surface area contributed by atoms with Crippen LogP contribution in [0.4, 0.5) is 4.39 Å². The van der Waals surface area contributed by atoms with E-state index in [1.54, 1.807) is 22.9 Å². The molecule has 1 aliphatic heterocycles. The van der Waals surface area contributed by atoms with E-state index in [2.05, 4.69) is 5.10 Å². The van der Waals surface area contributed by atoms with Gasteiger partial charge in [0.25, 0.3) is 5.91 Å². The molecule has 3 aromatic rings. The summed E-state index contributed by atoms with van der Waals surface area (Å²) in [6, 6.07) is 7.00. The van der Waals surface area contributed by atoms with Crippen LogP contribution in [0, 0.1) is 12.7 Å². The highest BCUT2D eigenvalue weighted by molar-refractivity contribution is 7.20. The number of piperidine rings is 1. The van der Waals surface area contributed by atoms with Crippen molar-refractivity contribution in [2.24, 2.45) is 0 Å². The van der Waals surface area contributed by atoms with E-state index in [9.17, 15) is 19.1 Å². The first-order valence-electron chi connectivity index (χ1n) is 8.74. The number of halogens is 1. The van der Waals surface area contributed by atoms with Crippen LogP contribution in [0.15, 0.2) is 30.3 Å². The number of carbonyl (C=O) groups is 2. The van der Waals surface area contributed by atoms with Crippen molar-refractivity contribution >= 4 is 33.4 Å². The minimum absolute atomic E-state index is 0.256. The van der Waals surface area contributed by atoms with Gasteiger partial charge < -0.3 is 10.0 Å². The lowest BCUT2D eigenvalue weighted by atomic mass is 10.0. The maximum Gasteiger partial charge on any atom is 0.326 e. The van der Waals surface area contributed by atoms with Crippen LogP contribution in [0.25, 0.3) is 15.9 Å². The SMILES string of the molecule is Cc1nn(-c2ccc(F)cc2)c2sc(C(=O)N3CCCCC3C(=O)O)cc12. The maximum atomic E-state index is 13.2. The Kier molecular flexibility index (Phi) is 4.43. The van der Waals surface area contributed by atoms with Crippen molar-refractivity contribution in [3.05, 3.63) is 46.7 Å². The van der Waals surface area contributed by atoms with Crippen molar-refractivity contribution in [2.45, 2.75) is 32.2 Å². The Morgan fingerprint density at radius 2 is 2.00 bits per heavy atom. The first-order valence-corrected chi connectivity index (χ1v) is 9.56. The third-order valence-electron chi connectivity index (χ3n) is 4.88. The Bertz CT molecular complexity index is 1020. The number of likely N-dealkylation sites (tertiary alicyclic amines) is 1. The van der Waals surface area contributed by atoms with E-state index in [1.165, 1.54) is 28.4 Å². The number of hydrogen-bond acceptors (Lipinski definition) is 4. The molecule has 4 rings (SSSR count). The predicted molar refractivity (Wildman–Crippen MR) is 100.0 cm³/mol. The molecule has 2 aromatic heterocycles. The third kappa shape index (κ3) is 3.10. The predicted octanol–water partition coefficient (Wildman–Crippen LogP) is 3.61. The molecule has 1 atom stereocenters. The number of amides is 1. The van der Waals surface area contributed by atoms with Crippen LogP contribution in [0.3, 0.4) is 0 Å². The topological polar surface area (TPSA) is 75.4 Å². The number of nitrogens with zero attached hydrogens (tertiary/aromatic N) is 3. The van der Waals surface area contributed by atoms with Gasteiger partial charge in [-0.05, 0) is 56.5 Å². The molecule has 140 valence electrons. The number of aliphatic carboxylic acids is 1. The summed E-state index contributed by atoms with van der Waals surface area (Å²) in [7, 11) is 0. The highest BCUT2D eigenvalue weighted by Crippen LogP contribution is 2.32. The summed E-state index contributed by atoms with van der Waals surface area (Å²) in [5, 5.41) is 14.8. The average molecular weight is 387 g/mol. The fraction of sp³-hybridized carbons (Fsp3) is 0.316. The number of fused-ring (bicyclic) bond motifs is 1. The van der Waals surface area contributed by atoms with Crippen molar-refractivity contribution < 1.29 is 19.1 Å². The molecule has 8 heteroatoms. The number of hydrogen-bond donors (Lipinski definition) is 1. The van der Waals surface area contributed by atoms with Gasteiger partial charge >= 0.3 is 5.97 Å². The summed E-state index contributed by atoms with van der Waals surface area (Å²) in [4.78, 5) is 27.2. The molecular weight excluding hydrogens is 369 g/mol. The zero-order valence-electron chi connectivity index (χ0n) is 14.7. The third-order valence-corrected chi connectivity index (χ3v) is 5.97. The van der Waals surface area contributed by atoms with Gasteiger partial charge in [0.05, 0.1) is 16.3 Å². The molecule has 1 aromatic carbocycles. The molecule has 0 bridgehead atoms. The van der Waals surface area contributed by atoms with Gasteiger partial charge in [-0.3, -0.25) is 4.79 Å². The maximum absolute atomic E-state index is 13.2. The van der Waals surface area contributed by atoms with Crippen LogP contribution in [-0.4, -0.2) is 44.3 Å². The first kappa shape index (κ1) is 17.7. The lowest BCUT2D eigenvalue weighted by Crippen LogP contribution is -2.47. The van der Waals surface area contributed by atoms with Crippen LogP contribution in [0.5, 0.6) is 0 Å². The normalized spacial score (nSPS) is 17.4. The number of benzene rings is 1. The van der Waals surface area contributed by atoms with Gasteiger partial charge in [0.15, 0.2) is 0 Å². The monoisotopic (exact) mass is 387 g/mol. The van der Waals surface area contributed by atoms with E-state index in [-0.39, 0.29) is 11.7 Å². The number of thiophene rings is 1. The minimum Gasteiger partial charge on any atom is -0.480 e. The molecule has 0 saturated carbocycles. The zero-order valence-corrected chi connectivity index (χ0v) is 15.5. The van der Waals surface area contributed by atoms with Crippen LogP contribution in [0.1, 0.15) is 34.6 Å². The van der Waals surface area contributed by atoms with Crippen molar-refractivity contribution in [1.82, 2.24) is 14.7 Å². The molecule has 3 heterocycles. The van der Waals surface area contributed by atoms with Crippen molar-refractivity contribution in [3.8, 4) is 5.69 Å². The minimum atomic E-state index is -0.960. The molecule has 1 aliphatic rings. The molecule has 0 aliphatic carbocycles. The molecule has 1 fully saturated rings. The second-order valence-corrected chi connectivity index (χ2v) is 7.68. The van der Waals surface area contributed by atoms with Gasteiger partial charge in [-0.2, -0.15) is 5.10 Å². The number of rotatable bonds is 3. The quantitative estimate of drug-likeness (QED) is 0.745. The van der Waals surface area contributed by atoms with E-state index in [4.69, 9.17) is 0 Å². The molecule has 0 spiro atoms. The highest BCUT2D eigenvalue weighted by Gasteiger charge is 2.33. The van der Waals surface area contributed by atoms with E-state index in [0.717, 1.165) is 28.8 Å². The Hall–Kier alpha value is -2.74. The summed E-state index contributed by atoms with van der Waals surface area (Å²) in [6.45, 7) is 2.30. The van der Waals surface area contributed by atoms with E-state index in [0.29, 0.717) is 23.5 Å². The van der Waals surface area contributed by atoms with Crippen LogP contribution < -0.4 is 0 Å². The molecule has 1 saturated heterocycles. The largest absolute Gasteiger partial charge is 0.480 e. The van der Waals surface area contributed by atoms with Crippen molar-refractivity contribution in [3.63, 3.8) is 0 Å². The van der Waals surface area contributed by atoms with Gasteiger partial charge in [0, 0.05) is 11.9 Å². The fourth-order valence-corrected chi connectivity index (χ4v) is 4.62. The smallest absolute Gasteiger partial charge is 0.326 e. The van der Waals surface area contributed by atoms with Crippen LogP contribution in [-0.2, 0) is 4.79 Å². The number of aromatic nitrogens is 2. The summed E-state index contributed by atoms with van der Waals surface area (Å²) < 4.78 is 14.9. The fourth-order valence-electron chi connectivity index (χ4n) is 3.48. The Balaban J connectivity index is 1.73. The molecule has 27 heavy (non-hydrogen) atoms.